The molecular weight excluding hydrogens is 374 g/mol. The van der Waals surface area contributed by atoms with Gasteiger partial charge in [0, 0.05) is 17.7 Å². The van der Waals surface area contributed by atoms with Crippen LogP contribution in [0.2, 0.25) is 0 Å². The summed E-state index contributed by atoms with van der Waals surface area (Å²) in [6.45, 7) is 10.4. The molecule has 1 atom stereocenters. The fourth-order valence-corrected chi connectivity index (χ4v) is 3.45. The molecule has 2 rings (SSSR count). The first-order valence-corrected chi connectivity index (χ1v) is 10.8. The van der Waals surface area contributed by atoms with Crippen LogP contribution < -0.4 is 5.32 Å². The second-order valence-electron chi connectivity index (χ2n) is 7.89. The topological polar surface area (TPSA) is 73.2 Å². The fraction of sp³-hybridized carbons (Fsp3) is 0.571. The van der Waals surface area contributed by atoms with Gasteiger partial charge in [-0.05, 0) is 31.9 Å². The largest absolute Gasteiger partial charge is 0.461 e. The highest BCUT2D eigenvalue weighted by Crippen LogP contribution is 2.24. The molecule has 0 bridgehead atoms. The Bertz CT molecular complexity index is 811. The van der Waals surface area contributed by atoms with Crippen molar-refractivity contribution in [3.8, 4) is 0 Å². The molecule has 7 heteroatoms. The molecule has 0 radical (unpaired) electrons. The minimum absolute atomic E-state index is 0.0533. The summed E-state index contributed by atoms with van der Waals surface area (Å²) in [5.74, 6) is 0.600. The summed E-state index contributed by atoms with van der Waals surface area (Å²) in [7, 11) is 0. The standard InChI is InChI=1S/C21H31N3O3S/c1-6-15(2)27-18(25)14-24-17-11-8-7-10-16(17)23-20(24)28-13-9-12-22-19(26)21(3,4)5/h7-8,10-11,15H,6,9,12-14H2,1-5H3,(H,22,26). The monoisotopic (exact) mass is 405 g/mol. The van der Waals surface area contributed by atoms with Gasteiger partial charge in [0.1, 0.15) is 6.54 Å². The molecular formula is C21H31N3O3S. The van der Waals surface area contributed by atoms with Crippen LogP contribution in [0.5, 0.6) is 0 Å². The third-order valence-electron chi connectivity index (χ3n) is 4.33. The number of hydrogen-bond acceptors (Lipinski definition) is 5. The lowest BCUT2D eigenvalue weighted by molar-refractivity contribution is -0.149. The highest BCUT2D eigenvalue weighted by molar-refractivity contribution is 7.99. The molecule has 1 unspecified atom stereocenters. The van der Waals surface area contributed by atoms with Crippen molar-refractivity contribution in [2.75, 3.05) is 12.3 Å². The average molecular weight is 406 g/mol. The van der Waals surface area contributed by atoms with Gasteiger partial charge in [-0.2, -0.15) is 0 Å². The summed E-state index contributed by atoms with van der Waals surface area (Å²) >= 11 is 1.59. The fourth-order valence-electron chi connectivity index (χ4n) is 2.49. The molecule has 0 fully saturated rings. The van der Waals surface area contributed by atoms with Crippen molar-refractivity contribution in [1.82, 2.24) is 14.9 Å². The number of benzene rings is 1. The van der Waals surface area contributed by atoms with E-state index < -0.39 is 0 Å². The Hall–Kier alpha value is -2.02. The summed E-state index contributed by atoms with van der Waals surface area (Å²) < 4.78 is 7.35. The highest BCUT2D eigenvalue weighted by Gasteiger charge is 2.20. The quantitative estimate of drug-likeness (QED) is 0.387. The third-order valence-corrected chi connectivity index (χ3v) is 5.40. The van der Waals surface area contributed by atoms with Crippen LogP contribution in [0.3, 0.4) is 0 Å². The normalized spacial score (nSPS) is 12.8. The predicted octanol–water partition coefficient (Wildman–Crippen LogP) is 4.02. The van der Waals surface area contributed by atoms with Gasteiger partial charge in [-0.15, -0.1) is 0 Å². The van der Waals surface area contributed by atoms with Gasteiger partial charge in [0.05, 0.1) is 17.1 Å². The van der Waals surface area contributed by atoms with Crippen molar-refractivity contribution in [3.63, 3.8) is 0 Å². The van der Waals surface area contributed by atoms with Crippen LogP contribution in [0.15, 0.2) is 29.4 Å². The molecule has 1 aromatic carbocycles. The van der Waals surface area contributed by atoms with E-state index in [4.69, 9.17) is 4.74 Å². The molecule has 28 heavy (non-hydrogen) atoms. The molecule has 1 amide bonds. The number of carbonyl (C=O) groups excluding carboxylic acids is 2. The molecule has 0 aliphatic heterocycles. The van der Waals surface area contributed by atoms with Crippen molar-refractivity contribution in [2.24, 2.45) is 5.41 Å². The number of carbonyl (C=O) groups is 2. The van der Waals surface area contributed by atoms with Crippen LogP contribution in [0.1, 0.15) is 47.5 Å². The molecule has 0 saturated heterocycles. The summed E-state index contributed by atoms with van der Waals surface area (Å²) in [6, 6.07) is 7.79. The number of nitrogens with one attached hydrogen (secondary N) is 1. The highest BCUT2D eigenvalue weighted by atomic mass is 32.2. The summed E-state index contributed by atoms with van der Waals surface area (Å²) in [5.41, 5.74) is 1.41. The molecule has 0 saturated carbocycles. The number of ether oxygens (including phenoxy) is 1. The van der Waals surface area contributed by atoms with Gasteiger partial charge in [-0.1, -0.05) is 51.6 Å². The van der Waals surface area contributed by atoms with Gasteiger partial charge in [0.2, 0.25) is 5.91 Å². The number of fused-ring (bicyclic) bond motifs is 1. The number of thioether (sulfide) groups is 1. The maximum absolute atomic E-state index is 12.3. The first-order chi connectivity index (χ1) is 13.2. The van der Waals surface area contributed by atoms with Gasteiger partial charge in [0.25, 0.3) is 0 Å². The van der Waals surface area contributed by atoms with Crippen LogP contribution in [0.25, 0.3) is 11.0 Å². The van der Waals surface area contributed by atoms with E-state index in [-0.39, 0.29) is 29.9 Å². The van der Waals surface area contributed by atoms with Crippen molar-refractivity contribution in [2.45, 2.75) is 65.3 Å². The molecule has 0 aliphatic carbocycles. The van der Waals surface area contributed by atoms with Crippen molar-refractivity contribution >= 4 is 34.7 Å². The third kappa shape index (κ3) is 6.26. The zero-order valence-corrected chi connectivity index (χ0v) is 18.3. The first-order valence-electron chi connectivity index (χ1n) is 9.78. The number of para-hydroxylation sites is 2. The smallest absolute Gasteiger partial charge is 0.326 e. The van der Waals surface area contributed by atoms with Crippen molar-refractivity contribution in [1.29, 1.82) is 0 Å². The Balaban J connectivity index is 1.99. The molecule has 1 heterocycles. The van der Waals surface area contributed by atoms with E-state index in [1.165, 1.54) is 0 Å². The number of nitrogens with zero attached hydrogens (tertiary/aromatic N) is 2. The van der Waals surface area contributed by atoms with E-state index in [0.29, 0.717) is 6.54 Å². The minimum Gasteiger partial charge on any atom is -0.461 e. The lowest BCUT2D eigenvalue weighted by Crippen LogP contribution is -2.35. The lowest BCUT2D eigenvalue weighted by Gasteiger charge is -2.17. The maximum atomic E-state index is 12.3. The van der Waals surface area contributed by atoms with Crippen LogP contribution in [-0.4, -0.2) is 39.8 Å². The van der Waals surface area contributed by atoms with E-state index in [2.05, 4.69) is 10.3 Å². The number of rotatable bonds is 9. The zero-order valence-electron chi connectivity index (χ0n) is 17.4. The average Bonchev–Trinajstić information content (AvgIpc) is 2.97. The molecule has 1 N–H and O–H groups in total. The van der Waals surface area contributed by atoms with E-state index in [0.717, 1.165) is 34.8 Å². The second kappa shape index (κ2) is 9.96. The SMILES string of the molecule is CCC(C)OC(=O)Cn1c(SCCCNC(=O)C(C)(C)C)nc2ccccc21. The number of aromatic nitrogens is 2. The molecule has 6 nitrogen and oxygen atoms in total. The van der Waals surface area contributed by atoms with Crippen LogP contribution in [0.4, 0.5) is 0 Å². The van der Waals surface area contributed by atoms with E-state index in [1.54, 1.807) is 11.8 Å². The summed E-state index contributed by atoms with van der Waals surface area (Å²) in [6.07, 6.45) is 1.52. The Kier molecular flexibility index (Phi) is 7.92. The zero-order chi connectivity index (χ0) is 20.7. The van der Waals surface area contributed by atoms with Crippen LogP contribution >= 0.6 is 11.8 Å². The Morgan fingerprint density at radius 2 is 2.00 bits per heavy atom. The Morgan fingerprint density at radius 1 is 1.29 bits per heavy atom. The van der Waals surface area contributed by atoms with Gasteiger partial charge in [-0.3, -0.25) is 9.59 Å². The van der Waals surface area contributed by atoms with Crippen molar-refractivity contribution < 1.29 is 14.3 Å². The van der Waals surface area contributed by atoms with Crippen LogP contribution in [0, 0.1) is 5.41 Å². The Morgan fingerprint density at radius 3 is 2.68 bits per heavy atom. The Labute approximate surface area is 171 Å². The van der Waals surface area contributed by atoms with Gasteiger partial charge >= 0.3 is 5.97 Å². The maximum Gasteiger partial charge on any atom is 0.326 e. The van der Waals surface area contributed by atoms with Gasteiger partial charge in [-0.25, -0.2) is 4.98 Å². The van der Waals surface area contributed by atoms with E-state index in [9.17, 15) is 9.59 Å². The van der Waals surface area contributed by atoms with Gasteiger partial charge in [0.15, 0.2) is 5.16 Å². The van der Waals surface area contributed by atoms with Crippen LogP contribution in [-0.2, 0) is 20.9 Å². The lowest BCUT2D eigenvalue weighted by atomic mass is 9.96. The van der Waals surface area contributed by atoms with E-state index >= 15 is 0 Å². The molecule has 0 spiro atoms. The molecule has 154 valence electrons. The number of imidazole rings is 1. The summed E-state index contributed by atoms with van der Waals surface area (Å²) in [5, 5.41) is 3.75. The van der Waals surface area contributed by atoms with Gasteiger partial charge < -0.3 is 14.6 Å². The first kappa shape index (κ1) is 22.3. The summed E-state index contributed by atoms with van der Waals surface area (Å²) in [4.78, 5) is 28.9. The van der Waals surface area contributed by atoms with E-state index in [1.807, 2.05) is 63.5 Å². The molecule has 2 aromatic rings. The number of esters is 1. The number of hydrogen-bond donors (Lipinski definition) is 1. The molecule has 1 aromatic heterocycles. The predicted molar refractivity (Wildman–Crippen MR) is 113 cm³/mol. The minimum atomic E-state index is -0.378. The second-order valence-corrected chi connectivity index (χ2v) is 8.95. The molecule has 0 aliphatic rings. The number of amides is 1. The van der Waals surface area contributed by atoms with Crippen molar-refractivity contribution in [3.05, 3.63) is 24.3 Å².